The van der Waals surface area contributed by atoms with E-state index in [4.69, 9.17) is 15.6 Å². The van der Waals surface area contributed by atoms with E-state index in [0.29, 0.717) is 0 Å². The molecule has 1 saturated heterocycles. The monoisotopic (exact) mass is 220 g/mol. The molecule has 0 saturated carbocycles. The van der Waals surface area contributed by atoms with Gasteiger partial charge in [0.2, 0.25) is 5.91 Å². The zero-order valence-electron chi connectivity index (χ0n) is 8.33. The highest BCUT2D eigenvalue weighted by molar-refractivity contribution is 5.73. The molecule has 1 aliphatic rings. The topological polar surface area (TPSA) is 125 Å². The van der Waals surface area contributed by atoms with Crippen LogP contribution in [0.3, 0.4) is 0 Å². The molecule has 0 radical (unpaired) electrons. The van der Waals surface area contributed by atoms with Crippen LogP contribution in [0.15, 0.2) is 0 Å². The second kappa shape index (κ2) is 4.86. The number of hydrogen-bond donors (Lipinski definition) is 5. The number of nitrogens with one attached hydrogen (secondary N) is 1. The summed E-state index contributed by atoms with van der Waals surface area (Å²) in [6.07, 6.45) is -4.41. The number of aliphatic hydroxyl groups excluding tert-OH is 3. The van der Waals surface area contributed by atoms with Crippen molar-refractivity contribution in [2.75, 3.05) is 6.61 Å². The molecule has 0 spiro atoms. The molecular formula is C8H16N2O5. The molecule has 0 aromatic carbocycles. The fourth-order valence-corrected chi connectivity index (χ4v) is 1.55. The van der Waals surface area contributed by atoms with E-state index >= 15 is 0 Å². The highest BCUT2D eigenvalue weighted by Gasteiger charge is 2.42. The molecular weight excluding hydrogens is 204 g/mol. The molecule has 5 atom stereocenters. The van der Waals surface area contributed by atoms with E-state index in [1.54, 1.807) is 0 Å². The lowest BCUT2D eigenvalue weighted by atomic mass is 9.96. The van der Waals surface area contributed by atoms with Crippen LogP contribution in [0, 0.1) is 0 Å². The van der Waals surface area contributed by atoms with E-state index in [9.17, 15) is 15.0 Å². The Morgan fingerprint density at radius 1 is 1.47 bits per heavy atom. The van der Waals surface area contributed by atoms with Crippen molar-refractivity contribution in [2.45, 2.75) is 37.5 Å². The van der Waals surface area contributed by atoms with E-state index in [0.717, 1.165) is 0 Å². The zero-order valence-corrected chi connectivity index (χ0v) is 8.33. The summed E-state index contributed by atoms with van der Waals surface area (Å²) >= 11 is 0. The molecule has 15 heavy (non-hydrogen) atoms. The summed E-state index contributed by atoms with van der Waals surface area (Å²) in [5.74, 6) is -0.382. The maximum atomic E-state index is 10.8. The predicted octanol–water partition coefficient (Wildman–Crippen LogP) is -3.11. The number of amides is 1. The number of carbonyl (C=O) groups is 1. The summed E-state index contributed by atoms with van der Waals surface area (Å²) in [6, 6.07) is -0.875. The number of nitrogens with two attached hydrogens (primary N) is 1. The van der Waals surface area contributed by atoms with Gasteiger partial charge >= 0.3 is 0 Å². The molecule has 0 aliphatic carbocycles. The van der Waals surface area contributed by atoms with Gasteiger partial charge in [-0.05, 0) is 0 Å². The fourth-order valence-electron chi connectivity index (χ4n) is 1.55. The molecule has 1 fully saturated rings. The third-order valence-electron chi connectivity index (χ3n) is 2.33. The SMILES string of the molecule is CC(=O)N[C@H]1[C@H](O)[C@H](O)[C@@H](CO)O[C@H]1N. The fraction of sp³-hybridized carbons (Fsp3) is 0.875. The van der Waals surface area contributed by atoms with Crippen LogP contribution in [0.4, 0.5) is 0 Å². The van der Waals surface area contributed by atoms with Gasteiger partial charge in [0, 0.05) is 6.92 Å². The van der Waals surface area contributed by atoms with E-state index < -0.39 is 37.2 Å². The minimum absolute atomic E-state index is 0.382. The van der Waals surface area contributed by atoms with Crippen LogP contribution in [0.25, 0.3) is 0 Å². The maximum absolute atomic E-state index is 10.8. The minimum atomic E-state index is -1.27. The lowest BCUT2D eigenvalue weighted by molar-refractivity contribution is -0.193. The van der Waals surface area contributed by atoms with Crippen molar-refractivity contribution in [1.29, 1.82) is 0 Å². The molecule has 1 heterocycles. The summed E-state index contributed by atoms with van der Waals surface area (Å²) in [7, 11) is 0. The van der Waals surface area contributed by atoms with Crippen molar-refractivity contribution >= 4 is 5.91 Å². The largest absolute Gasteiger partial charge is 0.394 e. The van der Waals surface area contributed by atoms with Crippen LogP contribution in [0.5, 0.6) is 0 Å². The van der Waals surface area contributed by atoms with Crippen molar-refractivity contribution < 1.29 is 24.9 Å². The number of rotatable bonds is 2. The highest BCUT2D eigenvalue weighted by atomic mass is 16.5. The smallest absolute Gasteiger partial charge is 0.217 e. The van der Waals surface area contributed by atoms with Gasteiger partial charge in [-0.15, -0.1) is 0 Å². The van der Waals surface area contributed by atoms with Crippen molar-refractivity contribution in [2.24, 2.45) is 5.73 Å². The summed E-state index contributed by atoms with van der Waals surface area (Å²) in [6.45, 7) is 0.822. The molecule has 0 unspecified atom stereocenters. The Hall–Kier alpha value is -0.730. The molecule has 7 nitrogen and oxygen atoms in total. The standard InChI is InChI=1S/C8H16N2O5/c1-3(12)10-5-7(14)6(13)4(2-11)15-8(5)9/h4-8,11,13-14H,2,9H2,1H3,(H,10,12)/t4-,5+,6-,7+,8-/m1/s1. The Morgan fingerprint density at radius 2 is 2.07 bits per heavy atom. The lowest BCUT2D eigenvalue weighted by Gasteiger charge is -2.40. The van der Waals surface area contributed by atoms with Gasteiger partial charge in [0.25, 0.3) is 0 Å². The zero-order chi connectivity index (χ0) is 11.6. The maximum Gasteiger partial charge on any atom is 0.217 e. The normalized spacial score (nSPS) is 41.3. The van der Waals surface area contributed by atoms with Gasteiger partial charge in [0.15, 0.2) is 0 Å². The first-order chi connectivity index (χ1) is 6.97. The van der Waals surface area contributed by atoms with Crippen molar-refractivity contribution in [3.63, 3.8) is 0 Å². The van der Waals surface area contributed by atoms with Crippen molar-refractivity contribution in [3.05, 3.63) is 0 Å². The predicted molar refractivity (Wildman–Crippen MR) is 49.6 cm³/mol. The van der Waals surface area contributed by atoms with Crippen LogP contribution in [-0.4, -0.2) is 58.4 Å². The first kappa shape index (κ1) is 12.3. The lowest BCUT2D eigenvalue weighted by Crippen LogP contribution is -2.66. The van der Waals surface area contributed by atoms with Gasteiger partial charge in [0.05, 0.1) is 12.6 Å². The quantitative estimate of drug-likeness (QED) is 0.335. The van der Waals surface area contributed by atoms with E-state index in [1.807, 2.05) is 0 Å². The number of hydrogen-bond acceptors (Lipinski definition) is 6. The molecule has 1 rings (SSSR count). The molecule has 6 N–H and O–H groups in total. The van der Waals surface area contributed by atoms with Crippen LogP contribution in [0.2, 0.25) is 0 Å². The van der Waals surface area contributed by atoms with Crippen LogP contribution in [0.1, 0.15) is 6.92 Å². The van der Waals surface area contributed by atoms with Crippen LogP contribution >= 0.6 is 0 Å². The first-order valence-corrected chi connectivity index (χ1v) is 4.62. The van der Waals surface area contributed by atoms with E-state index in [2.05, 4.69) is 5.32 Å². The summed E-state index contributed by atoms with van der Waals surface area (Å²) in [4.78, 5) is 10.8. The van der Waals surface area contributed by atoms with Crippen LogP contribution in [-0.2, 0) is 9.53 Å². The Kier molecular flexibility index (Phi) is 4.00. The second-order valence-electron chi connectivity index (χ2n) is 3.53. The van der Waals surface area contributed by atoms with Crippen LogP contribution < -0.4 is 11.1 Å². The number of ether oxygens (including phenoxy) is 1. The Balaban J connectivity index is 2.70. The Bertz CT molecular complexity index is 237. The Labute approximate surface area is 86.8 Å². The minimum Gasteiger partial charge on any atom is -0.394 e. The number of carbonyl (C=O) groups excluding carboxylic acids is 1. The molecule has 1 amide bonds. The average Bonchev–Trinajstić information content (AvgIpc) is 2.18. The summed E-state index contributed by atoms with van der Waals surface area (Å²) in [5, 5.41) is 30.3. The number of aliphatic hydroxyl groups is 3. The van der Waals surface area contributed by atoms with Gasteiger partial charge in [-0.3, -0.25) is 4.79 Å². The van der Waals surface area contributed by atoms with Gasteiger partial charge < -0.3 is 31.1 Å². The average molecular weight is 220 g/mol. The van der Waals surface area contributed by atoms with Crippen molar-refractivity contribution in [3.8, 4) is 0 Å². The Morgan fingerprint density at radius 3 is 2.53 bits per heavy atom. The third kappa shape index (κ3) is 2.64. The van der Waals surface area contributed by atoms with Gasteiger partial charge in [-0.1, -0.05) is 0 Å². The molecule has 0 aromatic rings. The summed E-state index contributed by atoms with van der Waals surface area (Å²) < 4.78 is 5.03. The molecule has 0 bridgehead atoms. The van der Waals surface area contributed by atoms with Crippen molar-refractivity contribution in [1.82, 2.24) is 5.32 Å². The van der Waals surface area contributed by atoms with Gasteiger partial charge in [0.1, 0.15) is 24.5 Å². The first-order valence-electron chi connectivity index (χ1n) is 4.62. The van der Waals surface area contributed by atoms with Gasteiger partial charge in [-0.25, -0.2) is 0 Å². The molecule has 88 valence electrons. The van der Waals surface area contributed by atoms with E-state index in [1.165, 1.54) is 6.92 Å². The highest BCUT2D eigenvalue weighted by Crippen LogP contribution is 2.18. The van der Waals surface area contributed by atoms with Gasteiger partial charge in [-0.2, -0.15) is 0 Å². The second-order valence-corrected chi connectivity index (χ2v) is 3.53. The summed E-state index contributed by atoms with van der Waals surface area (Å²) in [5.41, 5.74) is 5.53. The molecule has 0 aromatic heterocycles. The third-order valence-corrected chi connectivity index (χ3v) is 2.33. The molecule has 1 aliphatic heterocycles. The molecule has 7 heteroatoms. The van der Waals surface area contributed by atoms with E-state index in [-0.39, 0.29) is 5.91 Å².